The molecule has 0 aromatic heterocycles. The number of esters is 1. The number of methoxy groups -OCH3 is 2. The van der Waals surface area contributed by atoms with Crippen LogP contribution in [0.15, 0.2) is 30.3 Å². The van der Waals surface area contributed by atoms with Crippen LogP contribution in [-0.4, -0.2) is 39.3 Å². The van der Waals surface area contributed by atoms with Crippen molar-refractivity contribution in [2.45, 2.75) is 20.5 Å². The van der Waals surface area contributed by atoms with E-state index in [1.807, 2.05) is 19.9 Å². The van der Waals surface area contributed by atoms with Crippen molar-refractivity contribution in [2.75, 3.05) is 26.1 Å². The van der Waals surface area contributed by atoms with Crippen LogP contribution >= 0.6 is 0 Å². The molecule has 0 spiro atoms. The van der Waals surface area contributed by atoms with Crippen molar-refractivity contribution in [1.82, 2.24) is 0 Å². The Morgan fingerprint density at radius 1 is 1.03 bits per heavy atom. The molecule has 0 bridgehead atoms. The van der Waals surface area contributed by atoms with Gasteiger partial charge in [-0.15, -0.1) is 0 Å². The number of carbonyl (C=O) groups excluding carboxylic acids is 2. The van der Waals surface area contributed by atoms with Gasteiger partial charge in [0.1, 0.15) is 5.75 Å². The third-order valence-electron chi connectivity index (χ3n) is 4.05. The van der Waals surface area contributed by atoms with Crippen molar-refractivity contribution in [3.8, 4) is 17.2 Å². The molecular formula is C20H21F2NO6. The maximum Gasteiger partial charge on any atom is 0.387 e. The first-order chi connectivity index (χ1) is 13.7. The molecule has 9 heteroatoms. The molecule has 0 heterocycles. The Morgan fingerprint density at radius 3 is 2.34 bits per heavy atom. The van der Waals surface area contributed by atoms with E-state index in [1.165, 1.54) is 7.11 Å². The lowest BCUT2D eigenvalue weighted by Gasteiger charge is -2.16. The number of nitrogens with one attached hydrogen (secondary N) is 1. The van der Waals surface area contributed by atoms with Gasteiger partial charge in [-0.3, -0.25) is 4.79 Å². The lowest BCUT2D eigenvalue weighted by molar-refractivity contribution is -0.118. The van der Waals surface area contributed by atoms with Crippen LogP contribution in [0.1, 0.15) is 21.5 Å². The van der Waals surface area contributed by atoms with Gasteiger partial charge in [-0.2, -0.15) is 8.78 Å². The van der Waals surface area contributed by atoms with Gasteiger partial charge in [0, 0.05) is 12.1 Å². The Morgan fingerprint density at radius 2 is 1.76 bits per heavy atom. The SMILES string of the molecule is COC(=O)c1cc(OC)c(OC(F)F)cc1NC(=O)COc1ccc(C)c(C)c1. The maximum absolute atomic E-state index is 12.6. The van der Waals surface area contributed by atoms with E-state index in [2.05, 4.69) is 14.8 Å². The molecule has 0 saturated carbocycles. The van der Waals surface area contributed by atoms with E-state index < -0.39 is 18.5 Å². The molecule has 0 aliphatic rings. The van der Waals surface area contributed by atoms with E-state index >= 15 is 0 Å². The van der Waals surface area contributed by atoms with Gasteiger partial charge in [-0.05, 0) is 37.1 Å². The lowest BCUT2D eigenvalue weighted by atomic mass is 10.1. The smallest absolute Gasteiger partial charge is 0.387 e. The lowest BCUT2D eigenvalue weighted by Crippen LogP contribution is -2.22. The summed E-state index contributed by atoms with van der Waals surface area (Å²) in [5.74, 6) is -1.37. The van der Waals surface area contributed by atoms with Crippen LogP contribution in [0.5, 0.6) is 17.2 Å². The number of anilines is 1. The molecule has 2 rings (SSSR count). The first kappa shape index (κ1) is 21.9. The summed E-state index contributed by atoms with van der Waals surface area (Å²) in [5.41, 5.74) is 1.90. The van der Waals surface area contributed by atoms with Gasteiger partial charge in [0.15, 0.2) is 18.1 Å². The van der Waals surface area contributed by atoms with Crippen molar-refractivity contribution in [3.63, 3.8) is 0 Å². The number of carbonyl (C=O) groups is 2. The zero-order valence-electron chi connectivity index (χ0n) is 16.4. The first-order valence-corrected chi connectivity index (χ1v) is 8.50. The zero-order valence-corrected chi connectivity index (χ0v) is 16.4. The Labute approximate surface area is 166 Å². The molecule has 1 amide bonds. The molecule has 1 N–H and O–H groups in total. The van der Waals surface area contributed by atoms with Crippen LogP contribution in [0, 0.1) is 13.8 Å². The van der Waals surface area contributed by atoms with Crippen LogP contribution in [0.25, 0.3) is 0 Å². The Hall–Kier alpha value is -3.36. The summed E-state index contributed by atoms with van der Waals surface area (Å²) < 4.78 is 44.8. The fourth-order valence-corrected chi connectivity index (χ4v) is 2.43. The Bertz CT molecular complexity index is 901. The molecule has 29 heavy (non-hydrogen) atoms. The van der Waals surface area contributed by atoms with E-state index in [4.69, 9.17) is 9.47 Å². The zero-order chi connectivity index (χ0) is 21.6. The summed E-state index contributed by atoms with van der Waals surface area (Å²) in [6.45, 7) is 0.375. The summed E-state index contributed by atoms with van der Waals surface area (Å²) >= 11 is 0. The minimum Gasteiger partial charge on any atom is -0.493 e. The quantitative estimate of drug-likeness (QED) is 0.669. The summed E-state index contributed by atoms with van der Waals surface area (Å²) in [5, 5.41) is 2.44. The molecule has 2 aromatic carbocycles. The highest BCUT2D eigenvalue weighted by molar-refractivity contribution is 6.02. The molecule has 0 radical (unpaired) electrons. The van der Waals surface area contributed by atoms with Gasteiger partial charge in [0.05, 0.1) is 25.5 Å². The van der Waals surface area contributed by atoms with Crippen molar-refractivity contribution in [3.05, 3.63) is 47.0 Å². The van der Waals surface area contributed by atoms with Crippen LogP contribution < -0.4 is 19.5 Å². The number of benzene rings is 2. The fourth-order valence-electron chi connectivity index (χ4n) is 2.43. The van der Waals surface area contributed by atoms with Gasteiger partial charge >= 0.3 is 12.6 Å². The van der Waals surface area contributed by atoms with Crippen molar-refractivity contribution in [1.29, 1.82) is 0 Å². The van der Waals surface area contributed by atoms with Gasteiger partial charge in [-0.25, -0.2) is 4.79 Å². The molecule has 7 nitrogen and oxygen atoms in total. The fraction of sp³-hybridized carbons (Fsp3) is 0.300. The number of rotatable bonds is 8. The van der Waals surface area contributed by atoms with Gasteiger partial charge in [0.2, 0.25) is 0 Å². The second kappa shape index (κ2) is 9.72. The minimum atomic E-state index is -3.12. The Kier molecular flexibility index (Phi) is 7.35. The second-order valence-electron chi connectivity index (χ2n) is 6.00. The van der Waals surface area contributed by atoms with Crippen LogP contribution in [0.2, 0.25) is 0 Å². The van der Waals surface area contributed by atoms with E-state index in [9.17, 15) is 18.4 Å². The number of ether oxygens (including phenoxy) is 4. The number of halogens is 2. The van der Waals surface area contributed by atoms with Gasteiger partial charge in [-0.1, -0.05) is 6.07 Å². The maximum atomic E-state index is 12.6. The molecule has 0 unspecified atom stereocenters. The number of amides is 1. The number of alkyl halides is 2. The first-order valence-electron chi connectivity index (χ1n) is 8.50. The van der Waals surface area contributed by atoms with E-state index in [1.54, 1.807) is 12.1 Å². The van der Waals surface area contributed by atoms with Crippen LogP contribution in [0.4, 0.5) is 14.5 Å². The average molecular weight is 409 g/mol. The van der Waals surface area contributed by atoms with Crippen LogP contribution in [-0.2, 0) is 9.53 Å². The number of aryl methyl sites for hydroxylation is 2. The van der Waals surface area contributed by atoms with E-state index in [0.717, 1.165) is 30.4 Å². The summed E-state index contributed by atoms with van der Waals surface area (Å²) in [6.07, 6.45) is 0. The molecule has 0 aliphatic carbocycles. The molecular weight excluding hydrogens is 388 g/mol. The van der Waals surface area contributed by atoms with Crippen molar-refractivity contribution >= 4 is 17.6 Å². The summed E-state index contributed by atoms with van der Waals surface area (Å²) in [7, 11) is 2.37. The van der Waals surface area contributed by atoms with Crippen LogP contribution in [0.3, 0.4) is 0 Å². The Balaban J connectivity index is 2.22. The highest BCUT2D eigenvalue weighted by Crippen LogP contribution is 2.35. The molecule has 0 saturated heterocycles. The normalized spacial score (nSPS) is 10.4. The summed E-state index contributed by atoms with van der Waals surface area (Å²) in [6, 6.07) is 7.56. The predicted molar refractivity (Wildman–Crippen MR) is 101 cm³/mol. The topological polar surface area (TPSA) is 83.1 Å². The standard InChI is InChI=1S/C20H21F2NO6/c1-11-5-6-13(7-12(11)2)28-10-18(24)23-15-9-17(29-20(21)22)16(26-3)8-14(15)19(25)27-4/h5-9,20H,10H2,1-4H3,(H,23,24). The van der Waals surface area contributed by atoms with E-state index in [-0.39, 0.29) is 29.4 Å². The molecule has 0 fully saturated rings. The molecule has 0 aliphatic heterocycles. The third-order valence-corrected chi connectivity index (χ3v) is 4.05. The highest BCUT2D eigenvalue weighted by atomic mass is 19.3. The monoisotopic (exact) mass is 409 g/mol. The van der Waals surface area contributed by atoms with Gasteiger partial charge in [0.25, 0.3) is 5.91 Å². The molecule has 2 aromatic rings. The number of hydrogen-bond acceptors (Lipinski definition) is 6. The van der Waals surface area contributed by atoms with E-state index in [0.29, 0.717) is 5.75 Å². The average Bonchev–Trinajstić information content (AvgIpc) is 2.68. The summed E-state index contributed by atoms with van der Waals surface area (Å²) in [4.78, 5) is 24.3. The predicted octanol–water partition coefficient (Wildman–Crippen LogP) is 3.72. The highest BCUT2D eigenvalue weighted by Gasteiger charge is 2.21. The third kappa shape index (κ3) is 5.81. The largest absolute Gasteiger partial charge is 0.493 e. The minimum absolute atomic E-state index is 0.0815. The molecule has 156 valence electrons. The molecule has 0 atom stereocenters. The second-order valence-corrected chi connectivity index (χ2v) is 6.00. The number of hydrogen-bond donors (Lipinski definition) is 1. The van der Waals surface area contributed by atoms with Crippen molar-refractivity contribution < 1.29 is 37.3 Å². The van der Waals surface area contributed by atoms with Crippen molar-refractivity contribution in [2.24, 2.45) is 0 Å². The van der Waals surface area contributed by atoms with Gasteiger partial charge < -0.3 is 24.3 Å².